The summed E-state index contributed by atoms with van der Waals surface area (Å²) >= 11 is 0.979. The van der Waals surface area contributed by atoms with E-state index in [2.05, 4.69) is 4.98 Å². The molecule has 0 unspecified atom stereocenters. The standard InChI is InChI=1S/C8H15N3O3S2/c1-6-7(15-8(9)10-6)16(12,13)11(2)4-5-14-3/h4-5H2,1-3H3,(H2,9,10). The predicted molar refractivity (Wildman–Crippen MR) is 63.0 cm³/mol. The maximum atomic E-state index is 12.1. The Kier molecular flexibility index (Phi) is 4.25. The Morgan fingerprint density at radius 2 is 2.19 bits per heavy atom. The van der Waals surface area contributed by atoms with E-state index in [1.165, 1.54) is 18.5 Å². The van der Waals surface area contributed by atoms with Crippen LogP contribution in [0.15, 0.2) is 4.21 Å². The first-order valence-electron chi connectivity index (χ1n) is 4.57. The van der Waals surface area contributed by atoms with Gasteiger partial charge in [0.25, 0.3) is 10.0 Å². The van der Waals surface area contributed by atoms with E-state index < -0.39 is 10.0 Å². The average Bonchev–Trinajstić information content (AvgIpc) is 2.54. The van der Waals surface area contributed by atoms with Crippen LogP contribution >= 0.6 is 11.3 Å². The number of nitrogens with zero attached hydrogens (tertiary/aromatic N) is 2. The lowest BCUT2D eigenvalue weighted by molar-refractivity contribution is 0.185. The molecule has 0 radical (unpaired) electrons. The third-order valence-electron chi connectivity index (χ3n) is 2.03. The molecule has 0 saturated heterocycles. The highest BCUT2D eigenvalue weighted by Gasteiger charge is 2.25. The number of anilines is 1. The number of methoxy groups -OCH3 is 1. The first-order chi connectivity index (χ1) is 7.39. The van der Waals surface area contributed by atoms with Gasteiger partial charge in [-0.3, -0.25) is 0 Å². The normalized spacial score (nSPS) is 12.2. The van der Waals surface area contributed by atoms with E-state index in [1.807, 2.05) is 0 Å². The predicted octanol–water partition coefficient (Wildman–Crippen LogP) is 0.301. The number of likely N-dealkylation sites (N-methyl/N-ethyl adjacent to an activating group) is 1. The molecule has 0 fully saturated rings. The molecule has 0 saturated carbocycles. The van der Waals surface area contributed by atoms with Crippen LogP contribution in [0, 0.1) is 6.92 Å². The van der Waals surface area contributed by atoms with Gasteiger partial charge in [-0.15, -0.1) is 0 Å². The summed E-state index contributed by atoms with van der Waals surface area (Å²) in [6, 6.07) is 0. The monoisotopic (exact) mass is 265 g/mol. The van der Waals surface area contributed by atoms with Crippen molar-refractivity contribution in [3.8, 4) is 0 Å². The van der Waals surface area contributed by atoms with Crippen molar-refractivity contribution >= 4 is 26.5 Å². The molecule has 0 amide bonds. The quantitative estimate of drug-likeness (QED) is 0.827. The third kappa shape index (κ3) is 2.70. The molecule has 0 atom stereocenters. The molecule has 0 spiro atoms. The minimum absolute atomic E-state index is 0.198. The number of hydrogen-bond donors (Lipinski definition) is 1. The molecule has 92 valence electrons. The van der Waals surface area contributed by atoms with Gasteiger partial charge >= 0.3 is 0 Å². The Bertz CT molecular complexity index is 455. The number of nitrogen functional groups attached to an aromatic ring is 1. The summed E-state index contributed by atoms with van der Waals surface area (Å²) in [7, 11) is -0.464. The molecule has 0 aromatic carbocycles. The van der Waals surface area contributed by atoms with Crippen LogP contribution < -0.4 is 5.73 Å². The zero-order valence-corrected chi connectivity index (χ0v) is 11.1. The number of aromatic nitrogens is 1. The summed E-state index contributed by atoms with van der Waals surface area (Å²) in [6.07, 6.45) is 0. The van der Waals surface area contributed by atoms with E-state index in [4.69, 9.17) is 10.5 Å². The second-order valence-corrected chi connectivity index (χ2v) is 6.52. The van der Waals surface area contributed by atoms with Crippen molar-refractivity contribution in [3.05, 3.63) is 5.69 Å². The van der Waals surface area contributed by atoms with Crippen LogP contribution in [0.4, 0.5) is 5.13 Å². The lowest BCUT2D eigenvalue weighted by atomic mass is 10.6. The molecule has 1 rings (SSSR count). The van der Waals surface area contributed by atoms with Gasteiger partial charge in [0.05, 0.1) is 12.3 Å². The first-order valence-corrected chi connectivity index (χ1v) is 6.83. The number of rotatable bonds is 5. The summed E-state index contributed by atoms with van der Waals surface area (Å²) < 4.78 is 30.4. The van der Waals surface area contributed by atoms with Crippen molar-refractivity contribution in [2.75, 3.05) is 33.0 Å². The molecule has 6 nitrogen and oxygen atoms in total. The van der Waals surface area contributed by atoms with Crippen LogP contribution in [-0.4, -0.2) is 45.0 Å². The van der Waals surface area contributed by atoms with Gasteiger partial charge in [0.15, 0.2) is 9.34 Å². The van der Waals surface area contributed by atoms with Crippen LogP contribution in [0.5, 0.6) is 0 Å². The summed E-state index contributed by atoms with van der Waals surface area (Å²) in [6.45, 7) is 2.28. The maximum absolute atomic E-state index is 12.1. The fraction of sp³-hybridized carbons (Fsp3) is 0.625. The van der Waals surface area contributed by atoms with E-state index in [1.54, 1.807) is 6.92 Å². The number of nitrogens with two attached hydrogens (primary N) is 1. The third-order valence-corrected chi connectivity index (χ3v) is 5.46. The number of hydrogen-bond acceptors (Lipinski definition) is 6. The molecule has 1 heterocycles. The smallest absolute Gasteiger partial charge is 0.254 e. The second-order valence-electron chi connectivity index (χ2n) is 3.24. The lowest BCUT2D eigenvalue weighted by Gasteiger charge is -2.15. The molecule has 1 aromatic rings. The van der Waals surface area contributed by atoms with Crippen molar-refractivity contribution < 1.29 is 13.2 Å². The largest absolute Gasteiger partial charge is 0.383 e. The highest BCUT2D eigenvalue weighted by atomic mass is 32.2. The molecular weight excluding hydrogens is 250 g/mol. The van der Waals surface area contributed by atoms with Gasteiger partial charge < -0.3 is 10.5 Å². The maximum Gasteiger partial charge on any atom is 0.254 e. The Labute approximate surface area is 99.1 Å². The summed E-state index contributed by atoms with van der Waals surface area (Å²) in [5.41, 5.74) is 5.91. The van der Waals surface area contributed by atoms with Crippen LogP contribution in [0.2, 0.25) is 0 Å². The van der Waals surface area contributed by atoms with Crippen LogP contribution in [0.1, 0.15) is 5.69 Å². The number of thiazole rings is 1. The zero-order chi connectivity index (χ0) is 12.3. The Hall–Kier alpha value is -0.700. The molecule has 1 aromatic heterocycles. The molecule has 2 N–H and O–H groups in total. The van der Waals surface area contributed by atoms with Crippen molar-refractivity contribution in [2.45, 2.75) is 11.1 Å². The van der Waals surface area contributed by atoms with E-state index in [0.29, 0.717) is 18.8 Å². The molecule has 0 bridgehead atoms. The van der Waals surface area contributed by atoms with Gasteiger partial charge in [0.1, 0.15) is 0 Å². The van der Waals surface area contributed by atoms with Crippen LogP contribution in [0.25, 0.3) is 0 Å². The van der Waals surface area contributed by atoms with Crippen molar-refractivity contribution in [2.24, 2.45) is 0 Å². The van der Waals surface area contributed by atoms with Gasteiger partial charge in [0, 0.05) is 20.7 Å². The highest BCUT2D eigenvalue weighted by Crippen LogP contribution is 2.27. The molecule has 16 heavy (non-hydrogen) atoms. The Morgan fingerprint density at radius 3 is 2.62 bits per heavy atom. The Balaban J connectivity index is 2.97. The number of ether oxygens (including phenoxy) is 1. The molecule has 8 heteroatoms. The minimum atomic E-state index is -3.49. The number of aryl methyl sites for hydroxylation is 1. The van der Waals surface area contributed by atoms with Crippen LogP contribution in [-0.2, 0) is 14.8 Å². The SMILES string of the molecule is COCCN(C)S(=O)(=O)c1sc(N)nc1C. The van der Waals surface area contributed by atoms with Crippen molar-refractivity contribution in [1.29, 1.82) is 0 Å². The minimum Gasteiger partial charge on any atom is -0.383 e. The van der Waals surface area contributed by atoms with Crippen LogP contribution in [0.3, 0.4) is 0 Å². The van der Waals surface area contributed by atoms with E-state index >= 15 is 0 Å². The van der Waals surface area contributed by atoms with E-state index in [9.17, 15) is 8.42 Å². The topological polar surface area (TPSA) is 85.5 Å². The molecule has 0 aliphatic carbocycles. The van der Waals surface area contributed by atoms with Gasteiger partial charge in [-0.25, -0.2) is 13.4 Å². The van der Waals surface area contributed by atoms with E-state index in [0.717, 1.165) is 11.3 Å². The first kappa shape index (κ1) is 13.4. The van der Waals surface area contributed by atoms with Crippen molar-refractivity contribution in [3.63, 3.8) is 0 Å². The van der Waals surface area contributed by atoms with Gasteiger partial charge in [-0.2, -0.15) is 4.31 Å². The fourth-order valence-corrected chi connectivity index (χ4v) is 3.77. The van der Waals surface area contributed by atoms with Gasteiger partial charge in [-0.1, -0.05) is 11.3 Å². The van der Waals surface area contributed by atoms with E-state index in [-0.39, 0.29) is 9.34 Å². The lowest BCUT2D eigenvalue weighted by Crippen LogP contribution is -2.29. The molecule has 0 aliphatic heterocycles. The summed E-state index contributed by atoms with van der Waals surface area (Å²) in [4.78, 5) is 3.90. The zero-order valence-electron chi connectivity index (χ0n) is 9.43. The fourth-order valence-electron chi connectivity index (χ4n) is 1.12. The molecular formula is C8H15N3O3S2. The highest BCUT2D eigenvalue weighted by molar-refractivity contribution is 7.91. The summed E-state index contributed by atoms with van der Waals surface area (Å²) in [5, 5.41) is 0.260. The van der Waals surface area contributed by atoms with Gasteiger partial charge in [0.2, 0.25) is 0 Å². The summed E-state index contributed by atoms with van der Waals surface area (Å²) in [5.74, 6) is 0. The van der Waals surface area contributed by atoms with Gasteiger partial charge in [-0.05, 0) is 6.92 Å². The Morgan fingerprint density at radius 1 is 1.56 bits per heavy atom. The average molecular weight is 265 g/mol. The molecule has 0 aliphatic rings. The number of sulfonamides is 1. The van der Waals surface area contributed by atoms with Crippen molar-refractivity contribution in [1.82, 2.24) is 9.29 Å². The second kappa shape index (κ2) is 5.09.